The van der Waals surface area contributed by atoms with E-state index in [-0.39, 0.29) is 0 Å². The lowest BCUT2D eigenvalue weighted by Gasteiger charge is -2.13. The topological polar surface area (TPSA) is 84.7 Å². The summed E-state index contributed by atoms with van der Waals surface area (Å²) in [6.07, 6.45) is 8.32. The molecule has 20 aromatic rings. The number of fused-ring (bicyclic) bond motifs is 32. The molecule has 0 saturated carbocycles. The molecule has 12 nitrogen and oxygen atoms in total. The summed E-state index contributed by atoms with van der Waals surface area (Å²) in [5, 5.41) is 10.0. The van der Waals surface area contributed by atoms with E-state index in [0.717, 1.165) is 73.4 Å². The van der Waals surface area contributed by atoms with E-state index in [9.17, 15) is 0 Å². The summed E-state index contributed by atoms with van der Waals surface area (Å²) in [7, 11) is 8.76. The fourth-order valence-corrected chi connectivity index (χ4v) is 20.7. The first-order valence-corrected chi connectivity index (χ1v) is 46.0. The summed E-state index contributed by atoms with van der Waals surface area (Å²) in [6.45, 7) is 45.4. The number of hydrogen-bond donors (Lipinski definition) is 0. The van der Waals surface area contributed by atoms with Crippen molar-refractivity contribution in [1.29, 1.82) is 0 Å². The molecule has 0 aliphatic heterocycles. The van der Waals surface area contributed by atoms with Gasteiger partial charge in [-0.25, -0.2) is 18.3 Å². The molecule has 0 N–H and O–H groups in total. The summed E-state index contributed by atoms with van der Waals surface area (Å²) in [4.78, 5) is 20.9. The Kier molecular flexibility index (Phi) is 23.0. The standard InChI is InChI=1S/4C28H32N3/c1-17(2)14-20-10-9-11-22-26-25(19(5)16-21(29-26)15-18(3)4)28-30(6)23-12-7-8-13-24(23)31(28)27(20)22;1-17(2)14-20-10-9-13-24-27(20)31-23-12-8-7-11-22(23)26-25(28(31)30(24)6)19(5)16-21(29-26)15-18(3)4;1-17(2)13-20-11-12-22-25(16-20)31-24-10-8-7-9-23(24)30(6)28(31)26-19(5)15-21(14-18(3)4)29-27(22)26;1-17(2)13-20-11-12-24-25(16-20)31-23-10-8-7-9-22(23)27-26(28(31)30(24)6)19(5)15-21(29-27)14-18(3)4/h2*7-13,16-18H,14-15H2,1-6H3;2*7-12,15-18H,13-14H2,1-6H3/q4*+1. The second-order valence-corrected chi connectivity index (χ2v) is 39.6. The molecule has 0 amide bonds. The van der Waals surface area contributed by atoms with E-state index in [0.29, 0.717) is 47.3 Å². The highest BCUT2D eigenvalue weighted by atomic mass is 15.1. The Bertz CT molecular complexity index is 7570. The van der Waals surface area contributed by atoms with Crippen molar-refractivity contribution in [2.24, 2.45) is 75.5 Å². The Balaban J connectivity index is 0.000000117. The van der Waals surface area contributed by atoms with Gasteiger partial charge in [0.1, 0.15) is 22.1 Å². The summed E-state index contributed by atoms with van der Waals surface area (Å²) in [6, 6.07) is 71.6. The molecule has 0 saturated heterocycles. The molecule has 0 fully saturated rings. The minimum Gasteiger partial charge on any atom is -0.252 e. The predicted molar refractivity (Wildman–Crippen MR) is 523 cm³/mol. The Morgan fingerprint density at radius 2 is 0.532 bits per heavy atom. The van der Waals surface area contributed by atoms with Gasteiger partial charge in [-0.3, -0.25) is 19.9 Å². The highest BCUT2D eigenvalue weighted by Gasteiger charge is 2.33. The molecule has 0 spiro atoms. The number of imidazole rings is 4. The highest BCUT2D eigenvalue weighted by Crippen LogP contribution is 2.41. The number of hydrogen-bond acceptors (Lipinski definition) is 4. The lowest BCUT2D eigenvalue weighted by molar-refractivity contribution is -0.617. The lowest BCUT2D eigenvalue weighted by atomic mass is 9.97. The molecule has 0 aliphatic carbocycles. The van der Waals surface area contributed by atoms with Crippen molar-refractivity contribution >= 4 is 154 Å². The zero-order valence-electron chi connectivity index (χ0n) is 78.1. The second-order valence-electron chi connectivity index (χ2n) is 39.6. The van der Waals surface area contributed by atoms with Crippen LogP contribution in [0, 0.1) is 75.0 Å². The molecule has 0 unspecified atom stereocenters. The second kappa shape index (κ2) is 33.7. The molecule has 12 aromatic heterocycles. The van der Waals surface area contributed by atoms with Crippen LogP contribution in [0.4, 0.5) is 0 Å². The van der Waals surface area contributed by atoms with Crippen LogP contribution in [-0.4, -0.2) is 37.5 Å². The lowest BCUT2D eigenvalue weighted by Crippen LogP contribution is -2.27. The maximum Gasteiger partial charge on any atom is 0.297 e. The van der Waals surface area contributed by atoms with Crippen LogP contribution in [0.15, 0.2) is 194 Å². The largest absolute Gasteiger partial charge is 0.297 e. The fraction of sp³-hybridized carbons (Fsp3) is 0.357. The predicted octanol–water partition coefficient (Wildman–Crippen LogP) is 25.3. The maximum atomic E-state index is 5.26. The van der Waals surface area contributed by atoms with Gasteiger partial charge >= 0.3 is 0 Å². The Morgan fingerprint density at radius 3 is 0.960 bits per heavy atom. The quantitative estimate of drug-likeness (QED) is 0.0713. The molecule has 8 aromatic carbocycles. The molecule has 0 bridgehead atoms. The average Bonchev–Trinajstić information content (AvgIpc) is 1.54. The summed E-state index contributed by atoms with van der Waals surface area (Å²) < 4.78 is 19.3. The van der Waals surface area contributed by atoms with Crippen molar-refractivity contribution in [3.63, 3.8) is 0 Å². The minimum absolute atomic E-state index is 0.586. The van der Waals surface area contributed by atoms with E-state index in [4.69, 9.17) is 19.9 Å². The van der Waals surface area contributed by atoms with Crippen molar-refractivity contribution in [3.05, 3.63) is 261 Å². The maximum absolute atomic E-state index is 5.26. The molecule has 124 heavy (non-hydrogen) atoms. The van der Waals surface area contributed by atoms with E-state index >= 15 is 0 Å². The van der Waals surface area contributed by atoms with Crippen LogP contribution in [-0.2, 0) is 79.6 Å². The van der Waals surface area contributed by atoms with Crippen LogP contribution >= 0.6 is 0 Å². The fourth-order valence-electron chi connectivity index (χ4n) is 20.7. The number of benzene rings is 8. The third kappa shape index (κ3) is 15.2. The van der Waals surface area contributed by atoms with Gasteiger partial charge in [0.2, 0.25) is 0 Å². The van der Waals surface area contributed by atoms with Gasteiger partial charge in [-0.1, -0.05) is 196 Å². The molecular weight excluding hydrogens is 1510 g/mol. The van der Waals surface area contributed by atoms with Gasteiger partial charge in [0, 0.05) is 55.4 Å². The molecular formula is C112H128N12+4. The first kappa shape index (κ1) is 84.5. The van der Waals surface area contributed by atoms with Crippen LogP contribution in [0.25, 0.3) is 154 Å². The van der Waals surface area contributed by atoms with Gasteiger partial charge in [0.05, 0.1) is 71.8 Å². The summed E-state index contributed by atoms with van der Waals surface area (Å²) >= 11 is 0. The Hall–Kier alpha value is -11.8. The SMILES string of the molecule is Cc1cc(CC(C)C)nc2c3ccc(CC(C)C)cc3n3c4ccccc4[n+](C)c3c12.Cc1cc(CC(C)C)nc2c3cccc(CC(C)C)c3n3c4ccccc4[n+](C)c3c12.Cc1cc(CC(C)C)nc2c3ccccc3n3c4c(CC(C)C)cccc4[n+](C)c3c12.Cc1cc(CC(C)C)nc2c3ccccc3n3c4cc(CC(C)C)ccc4[n+](C)c3c12. The molecule has 12 heterocycles. The Labute approximate surface area is 731 Å². The van der Waals surface area contributed by atoms with E-state index in [2.05, 4.69) is 397 Å². The van der Waals surface area contributed by atoms with Crippen molar-refractivity contribution in [2.45, 2.75) is 190 Å². The van der Waals surface area contributed by atoms with Crippen LogP contribution < -0.4 is 18.3 Å². The Morgan fingerprint density at radius 1 is 0.242 bits per heavy atom. The number of pyridine rings is 8. The number of rotatable bonds is 16. The molecule has 0 aliphatic rings. The number of aryl methyl sites for hydroxylation is 8. The van der Waals surface area contributed by atoms with E-state index in [1.807, 2.05) is 0 Å². The van der Waals surface area contributed by atoms with Gasteiger partial charge in [0.25, 0.3) is 22.6 Å². The molecule has 632 valence electrons. The van der Waals surface area contributed by atoms with E-state index in [1.165, 1.54) is 199 Å². The average molecular weight is 1640 g/mol. The number of para-hydroxylation sites is 8. The summed E-state index contributed by atoms with van der Waals surface area (Å²) in [5.41, 5.74) is 40.2. The van der Waals surface area contributed by atoms with Crippen LogP contribution in [0.1, 0.15) is 178 Å². The smallest absolute Gasteiger partial charge is 0.252 e. The van der Waals surface area contributed by atoms with Crippen molar-refractivity contribution in [1.82, 2.24) is 37.5 Å². The van der Waals surface area contributed by atoms with E-state index in [1.54, 1.807) is 0 Å². The first-order valence-electron chi connectivity index (χ1n) is 46.0. The van der Waals surface area contributed by atoms with Gasteiger partial charge < -0.3 is 0 Å². The van der Waals surface area contributed by atoms with E-state index < -0.39 is 0 Å². The minimum atomic E-state index is 0.586. The van der Waals surface area contributed by atoms with Gasteiger partial charge in [-0.15, -0.1) is 0 Å². The molecule has 12 heteroatoms. The zero-order chi connectivity index (χ0) is 87.4. The normalized spacial score (nSPS) is 12.4. The van der Waals surface area contributed by atoms with Crippen molar-refractivity contribution in [3.8, 4) is 0 Å². The van der Waals surface area contributed by atoms with Crippen LogP contribution in [0.5, 0.6) is 0 Å². The summed E-state index contributed by atoms with van der Waals surface area (Å²) in [5.74, 6) is 4.82. The zero-order valence-corrected chi connectivity index (χ0v) is 78.1. The van der Waals surface area contributed by atoms with Crippen molar-refractivity contribution < 1.29 is 18.3 Å². The third-order valence-corrected chi connectivity index (χ3v) is 25.4. The molecule has 20 rings (SSSR count). The number of aromatic nitrogens is 12. The molecule has 0 atom stereocenters. The first-order chi connectivity index (χ1) is 59.4. The molecule has 0 radical (unpaired) electrons. The third-order valence-electron chi connectivity index (χ3n) is 25.4. The van der Waals surface area contributed by atoms with Crippen molar-refractivity contribution in [2.75, 3.05) is 0 Å². The number of nitrogens with zero attached hydrogens (tertiary/aromatic N) is 12. The van der Waals surface area contributed by atoms with Gasteiger partial charge in [-0.05, 0) is 269 Å². The van der Waals surface area contributed by atoms with Gasteiger partial charge in [0.15, 0.2) is 44.1 Å². The van der Waals surface area contributed by atoms with Gasteiger partial charge in [-0.2, -0.15) is 17.6 Å². The monoisotopic (exact) mass is 1640 g/mol. The van der Waals surface area contributed by atoms with Crippen LogP contribution in [0.2, 0.25) is 0 Å². The van der Waals surface area contributed by atoms with Crippen LogP contribution in [0.3, 0.4) is 0 Å². The highest BCUT2D eigenvalue weighted by molar-refractivity contribution is 6.16.